The predicted octanol–water partition coefficient (Wildman–Crippen LogP) is 10.6. The van der Waals surface area contributed by atoms with E-state index in [4.69, 9.17) is 9.47 Å². The first-order valence-corrected chi connectivity index (χ1v) is 21.7. The monoisotopic (exact) mass is 767 g/mol. The molecule has 2 aromatic rings. The minimum absolute atomic E-state index is 0.0123. The van der Waals surface area contributed by atoms with Gasteiger partial charge in [-0.25, -0.2) is 4.79 Å². The number of imide groups is 1. The molecule has 1 saturated heterocycles. The third kappa shape index (κ3) is 12.5. The number of aliphatic hydroxyl groups is 1. The number of amides is 2. The fraction of sp³-hybridized carbons (Fsp3) is 0.614. The van der Waals surface area contributed by atoms with Crippen LogP contribution in [0.2, 0.25) is 0 Å². The predicted molar refractivity (Wildman–Crippen MR) is 221 cm³/mol. The Morgan fingerprint density at radius 1 is 0.906 bits per heavy atom. The average Bonchev–Trinajstić information content (AvgIpc) is 3.46. The molecular weight excluding hydrogens is 703 g/mol. The molecule has 294 valence electrons. The van der Waals surface area contributed by atoms with Crippen LogP contribution in [0.15, 0.2) is 72.8 Å². The highest BCUT2D eigenvalue weighted by atomic mass is 32.2. The summed E-state index contributed by atoms with van der Waals surface area (Å²) >= 11 is 3.17. The number of hydrogen-bond donors (Lipinski definition) is 1. The highest BCUT2D eigenvalue weighted by Crippen LogP contribution is 2.56. The molecule has 0 aliphatic carbocycles. The molecule has 2 aromatic carbocycles. The summed E-state index contributed by atoms with van der Waals surface area (Å²) < 4.78 is 10.2. The standard InChI is InChI=1S/C44H65NO6S2/c1-8-9-10-14-23-32-52-33-24-15-12-11-13-22-29-37(43(49,30-31-50-7)40(47)51-42(4,5)6)39(46)45-38(34(2)3)44(53-41(45)48,35-25-18-16-19-26-35)36-27-20-17-21-28-36/h16-22,25-29,34,37-38,49H,8-15,23-24,30-33H2,1-7H3/b29-22+/t37-,38+,43+/m1/s1. The first-order valence-electron chi connectivity index (χ1n) is 19.7. The highest BCUT2D eigenvalue weighted by Gasteiger charge is 2.60. The fourth-order valence-electron chi connectivity index (χ4n) is 7.10. The number of hydrogen-bond acceptors (Lipinski definition) is 8. The second kappa shape index (κ2) is 22.1. The quantitative estimate of drug-likeness (QED) is 0.0679. The Bertz CT molecular complexity index is 1390. The Labute approximate surface area is 328 Å². The topological polar surface area (TPSA) is 93.1 Å². The molecule has 0 aromatic heterocycles. The number of rotatable bonds is 23. The van der Waals surface area contributed by atoms with Crippen molar-refractivity contribution < 1.29 is 29.0 Å². The Morgan fingerprint density at radius 2 is 1.45 bits per heavy atom. The minimum atomic E-state index is -2.28. The number of ether oxygens (including phenoxy) is 2. The van der Waals surface area contributed by atoms with Crippen LogP contribution in [0.25, 0.3) is 0 Å². The minimum Gasteiger partial charge on any atom is -0.458 e. The summed E-state index contributed by atoms with van der Waals surface area (Å²) in [5.41, 5.74) is -1.39. The molecule has 0 spiro atoms. The average molecular weight is 768 g/mol. The maximum atomic E-state index is 15.1. The molecule has 1 aliphatic rings. The lowest BCUT2D eigenvalue weighted by atomic mass is 9.77. The third-order valence-corrected chi connectivity index (χ3v) is 12.3. The molecule has 1 fully saturated rings. The van der Waals surface area contributed by atoms with E-state index < -0.39 is 45.0 Å². The Balaban J connectivity index is 1.91. The summed E-state index contributed by atoms with van der Waals surface area (Å²) in [5.74, 6) is -0.674. The van der Waals surface area contributed by atoms with Gasteiger partial charge in [0, 0.05) is 20.1 Å². The van der Waals surface area contributed by atoms with E-state index >= 15 is 4.79 Å². The van der Waals surface area contributed by atoms with E-state index in [1.807, 2.05) is 92.3 Å². The van der Waals surface area contributed by atoms with Crippen molar-refractivity contribution in [2.75, 3.05) is 25.2 Å². The van der Waals surface area contributed by atoms with Gasteiger partial charge in [-0.1, -0.05) is 132 Å². The lowest BCUT2D eigenvalue weighted by molar-refractivity contribution is -0.186. The molecule has 7 nitrogen and oxygen atoms in total. The van der Waals surface area contributed by atoms with Crippen LogP contribution < -0.4 is 0 Å². The zero-order chi connectivity index (χ0) is 38.9. The Hall–Kier alpha value is -2.59. The normalized spacial score (nSPS) is 17.7. The van der Waals surface area contributed by atoms with Crippen LogP contribution >= 0.6 is 23.5 Å². The second-order valence-corrected chi connectivity index (χ2v) is 18.0. The molecular formula is C44H65NO6S2. The van der Waals surface area contributed by atoms with Crippen molar-refractivity contribution in [3.63, 3.8) is 0 Å². The maximum Gasteiger partial charge on any atom is 0.339 e. The first-order chi connectivity index (χ1) is 25.3. The van der Waals surface area contributed by atoms with Gasteiger partial charge >= 0.3 is 5.97 Å². The van der Waals surface area contributed by atoms with E-state index in [2.05, 4.69) is 6.92 Å². The third-order valence-electron chi connectivity index (χ3n) is 9.76. The molecule has 2 amide bonds. The SMILES string of the molecule is CCCCCCCSCCCCCC/C=C/[C@H](C(=O)N1C(=O)SC(c2ccccc2)(c2ccccc2)[C@@H]1C(C)C)[C@@](O)(CCOC)C(=O)OC(C)(C)C. The van der Waals surface area contributed by atoms with Crippen LogP contribution in [-0.2, 0) is 23.8 Å². The van der Waals surface area contributed by atoms with Crippen LogP contribution in [0.1, 0.15) is 123 Å². The van der Waals surface area contributed by atoms with Crippen molar-refractivity contribution in [1.82, 2.24) is 4.90 Å². The van der Waals surface area contributed by atoms with Gasteiger partial charge in [0.15, 0.2) is 5.60 Å². The molecule has 3 rings (SSSR count). The van der Waals surface area contributed by atoms with Crippen molar-refractivity contribution >= 4 is 40.6 Å². The highest BCUT2D eigenvalue weighted by molar-refractivity contribution is 8.15. The van der Waals surface area contributed by atoms with Crippen molar-refractivity contribution in [2.24, 2.45) is 11.8 Å². The van der Waals surface area contributed by atoms with E-state index in [1.165, 1.54) is 62.0 Å². The maximum absolute atomic E-state index is 15.1. The van der Waals surface area contributed by atoms with Gasteiger partial charge in [-0.05, 0) is 86.8 Å². The van der Waals surface area contributed by atoms with Gasteiger partial charge in [-0.15, -0.1) is 0 Å². The fourth-order valence-corrected chi connectivity index (χ4v) is 9.71. The zero-order valence-corrected chi connectivity index (χ0v) is 34.9. The lowest BCUT2D eigenvalue weighted by Gasteiger charge is -2.41. The summed E-state index contributed by atoms with van der Waals surface area (Å²) in [5, 5.41) is 12.0. The molecule has 9 heteroatoms. The zero-order valence-electron chi connectivity index (χ0n) is 33.3. The van der Waals surface area contributed by atoms with Gasteiger partial charge in [-0.2, -0.15) is 11.8 Å². The summed E-state index contributed by atoms with van der Waals surface area (Å²) in [6.07, 6.45) is 14.9. The number of benzene rings is 2. The molecule has 1 N–H and O–H groups in total. The number of carbonyl (C=O) groups excluding carboxylic acids is 3. The van der Waals surface area contributed by atoms with Crippen molar-refractivity contribution in [3.8, 4) is 0 Å². The smallest absolute Gasteiger partial charge is 0.339 e. The van der Waals surface area contributed by atoms with Crippen LogP contribution in [0, 0.1) is 11.8 Å². The van der Waals surface area contributed by atoms with Gasteiger partial charge in [0.2, 0.25) is 5.91 Å². The second-order valence-electron chi connectivity index (χ2n) is 15.5. The van der Waals surface area contributed by atoms with Crippen LogP contribution in [-0.4, -0.2) is 69.6 Å². The van der Waals surface area contributed by atoms with Gasteiger partial charge in [0.25, 0.3) is 5.24 Å². The molecule has 0 bridgehead atoms. The molecule has 1 aliphatic heterocycles. The number of carbonyl (C=O) groups is 3. The summed E-state index contributed by atoms with van der Waals surface area (Å²) in [7, 11) is 1.48. The van der Waals surface area contributed by atoms with Crippen molar-refractivity contribution in [2.45, 2.75) is 134 Å². The molecule has 3 atom stereocenters. The summed E-state index contributed by atoms with van der Waals surface area (Å²) in [6, 6.07) is 19.0. The molecule has 0 saturated carbocycles. The number of esters is 1. The lowest BCUT2D eigenvalue weighted by Crippen LogP contribution is -2.58. The number of nitrogens with zero attached hydrogens (tertiary/aromatic N) is 1. The Morgan fingerprint density at radius 3 is 1.96 bits per heavy atom. The van der Waals surface area contributed by atoms with Gasteiger partial charge in [-0.3, -0.25) is 14.5 Å². The van der Waals surface area contributed by atoms with Crippen LogP contribution in [0.4, 0.5) is 4.79 Å². The number of thioether (sulfide) groups is 2. The summed E-state index contributed by atoms with van der Waals surface area (Å²) in [6.45, 7) is 11.4. The number of methoxy groups -OCH3 is 1. The van der Waals surface area contributed by atoms with E-state index in [-0.39, 0.29) is 18.9 Å². The largest absolute Gasteiger partial charge is 0.458 e. The van der Waals surface area contributed by atoms with Gasteiger partial charge in [0.1, 0.15) is 5.60 Å². The van der Waals surface area contributed by atoms with Crippen LogP contribution in [0.5, 0.6) is 0 Å². The van der Waals surface area contributed by atoms with Crippen molar-refractivity contribution in [3.05, 3.63) is 83.9 Å². The molecule has 0 radical (unpaired) electrons. The number of allylic oxidation sites excluding steroid dienone is 1. The van der Waals surface area contributed by atoms with Gasteiger partial charge < -0.3 is 14.6 Å². The molecule has 53 heavy (non-hydrogen) atoms. The van der Waals surface area contributed by atoms with Crippen LogP contribution in [0.3, 0.4) is 0 Å². The molecule has 0 unspecified atom stereocenters. The first kappa shape index (κ1) is 44.8. The van der Waals surface area contributed by atoms with E-state index in [0.717, 1.165) is 42.2 Å². The van der Waals surface area contributed by atoms with E-state index in [1.54, 1.807) is 26.8 Å². The summed E-state index contributed by atoms with van der Waals surface area (Å²) in [4.78, 5) is 44.7. The molecule has 1 heterocycles. The Kier molecular flexibility index (Phi) is 18.7. The van der Waals surface area contributed by atoms with E-state index in [0.29, 0.717) is 6.42 Å². The number of unbranched alkanes of at least 4 members (excludes halogenated alkanes) is 8. The van der Waals surface area contributed by atoms with Crippen molar-refractivity contribution in [1.29, 1.82) is 0 Å². The van der Waals surface area contributed by atoms with E-state index in [9.17, 15) is 14.7 Å². The van der Waals surface area contributed by atoms with Gasteiger partial charge in [0.05, 0.1) is 16.7 Å².